The van der Waals surface area contributed by atoms with Crippen LogP contribution in [-0.2, 0) is 26.7 Å². The number of rotatable bonds is 8. The number of H-pyrrole nitrogens is 1. The van der Waals surface area contributed by atoms with Crippen LogP contribution in [0.15, 0.2) is 76.6 Å². The van der Waals surface area contributed by atoms with E-state index in [4.69, 9.17) is 9.47 Å². The first-order valence-electron chi connectivity index (χ1n) is 17.0. The summed E-state index contributed by atoms with van der Waals surface area (Å²) in [6, 6.07) is 13.8. The highest BCUT2D eigenvalue weighted by atomic mass is 32.2. The smallest absolute Gasteiger partial charge is 0.418 e. The Kier molecular flexibility index (Phi) is 8.86. The number of imide groups is 1. The van der Waals surface area contributed by atoms with Crippen LogP contribution in [0, 0.1) is 29.6 Å². The van der Waals surface area contributed by atoms with Crippen LogP contribution in [0.25, 0.3) is 0 Å². The van der Waals surface area contributed by atoms with Crippen molar-refractivity contribution in [2.24, 2.45) is 29.6 Å². The Morgan fingerprint density at radius 3 is 2.35 bits per heavy atom. The number of hydrogen-bond donors (Lipinski definition) is 2. The van der Waals surface area contributed by atoms with Crippen LogP contribution in [0.1, 0.15) is 40.8 Å². The van der Waals surface area contributed by atoms with E-state index in [1.54, 1.807) is 25.1 Å². The zero-order chi connectivity index (χ0) is 38.3. The van der Waals surface area contributed by atoms with Crippen LogP contribution in [0.5, 0.6) is 11.5 Å². The summed E-state index contributed by atoms with van der Waals surface area (Å²) in [5.74, 6) is -4.67. The van der Waals surface area contributed by atoms with Crippen LogP contribution < -0.4 is 24.6 Å². The largest absolute Gasteiger partial charge is 0.490 e. The number of fused-ring (bicyclic) bond motifs is 9. The third kappa shape index (κ3) is 6.04. The number of thiazole rings is 1. The highest BCUT2D eigenvalue weighted by Gasteiger charge is 2.70. The number of alkyl halides is 6. The fourth-order valence-corrected chi connectivity index (χ4v) is 11.6. The molecule has 3 aromatic carbocycles. The number of halogens is 6. The van der Waals surface area contributed by atoms with E-state index in [1.165, 1.54) is 36.0 Å². The first-order valence-corrected chi connectivity index (χ1v) is 18.7. The molecule has 3 fully saturated rings. The molecule has 0 radical (unpaired) electrons. The van der Waals surface area contributed by atoms with Gasteiger partial charge >= 0.3 is 17.2 Å². The Balaban J connectivity index is 1.09. The molecule has 1 saturated heterocycles. The van der Waals surface area contributed by atoms with Crippen molar-refractivity contribution in [1.29, 1.82) is 0 Å². The number of anilines is 2. The van der Waals surface area contributed by atoms with E-state index >= 15 is 0 Å². The molecule has 2 aliphatic carbocycles. The van der Waals surface area contributed by atoms with Crippen LogP contribution in [0.4, 0.5) is 37.7 Å². The van der Waals surface area contributed by atoms with Gasteiger partial charge in [-0.05, 0) is 79.1 Å². The molecule has 3 heterocycles. The number of benzene rings is 3. The number of carbonyl (C=O) groups is 3. The zero-order valence-electron chi connectivity index (χ0n) is 28.0. The van der Waals surface area contributed by atoms with Crippen LogP contribution in [0.2, 0.25) is 0 Å². The van der Waals surface area contributed by atoms with Gasteiger partial charge in [-0.1, -0.05) is 35.6 Å². The van der Waals surface area contributed by atoms with E-state index in [0.717, 1.165) is 40.5 Å². The van der Waals surface area contributed by atoms with Gasteiger partial charge in [0.1, 0.15) is 0 Å². The maximum atomic E-state index is 14.1. The summed E-state index contributed by atoms with van der Waals surface area (Å²) in [5.41, 5.74) is -1.83. The van der Waals surface area contributed by atoms with Gasteiger partial charge in [-0.25, -0.2) is 4.90 Å². The summed E-state index contributed by atoms with van der Waals surface area (Å²) in [7, 11) is 0. The van der Waals surface area contributed by atoms with Gasteiger partial charge < -0.3 is 19.8 Å². The molecule has 54 heavy (non-hydrogen) atoms. The minimum Gasteiger partial charge on any atom is -0.490 e. The lowest BCUT2D eigenvalue weighted by molar-refractivity contribution is -0.138. The summed E-state index contributed by atoms with van der Waals surface area (Å²) in [6.45, 7) is 1.38. The van der Waals surface area contributed by atoms with Crippen molar-refractivity contribution in [3.63, 3.8) is 0 Å². The summed E-state index contributed by atoms with van der Waals surface area (Å²) in [4.78, 5) is 57.5. The van der Waals surface area contributed by atoms with Crippen molar-refractivity contribution < 1.29 is 50.2 Å². The molecule has 8 rings (SSSR count). The lowest BCUT2D eigenvalue weighted by atomic mass is 9.68. The minimum absolute atomic E-state index is 0.0620. The van der Waals surface area contributed by atoms with Crippen molar-refractivity contribution in [3.8, 4) is 11.5 Å². The minimum atomic E-state index is -4.79. The molecule has 2 bridgehead atoms. The standard InChI is InChI=1S/C37H29F6N3O6S2/c1-2-51-24-12-16(10-11-23(24)52-15-25(47)44-18-7-5-6-17(13-18)36(38,39)40)26-27-19-14-20(30(27)53-32-31(26)54-35(50)45-32)29-28(19)33(48)46(34(29)49)22-9-4-3-8-21(22)37(41,42)43/h3-13,19-20,26-30H,2,14-15H2,1H3,(H,44,47)(H,45,50)/t19?,20?,26-,27?,28?,29?,30?/m1/s1. The van der Waals surface area contributed by atoms with Gasteiger partial charge in [-0.3, -0.25) is 19.2 Å². The van der Waals surface area contributed by atoms with E-state index < -0.39 is 71.2 Å². The molecule has 2 aliphatic heterocycles. The number of ether oxygens (including phenoxy) is 2. The molecular formula is C37H29F6N3O6S2. The van der Waals surface area contributed by atoms with Gasteiger partial charge in [0.15, 0.2) is 18.1 Å². The number of carbonyl (C=O) groups excluding carboxylic acids is 3. The third-order valence-corrected chi connectivity index (χ3v) is 13.2. The number of thioether (sulfide) groups is 1. The van der Waals surface area contributed by atoms with Gasteiger partial charge in [0, 0.05) is 21.7 Å². The molecule has 2 saturated carbocycles. The zero-order valence-corrected chi connectivity index (χ0v) is 29.6. The van der Waals surface area contributed by atoms with Gasteiger partial charge in [0.05, 0.1) is 40.3 Å². The predicted octanol–water partition coefficient (Wildman–Crippen LogP) is 7.57. The number of aromatic nitrogens is 1. The lowest BCUT2D eigenvalue weighted by Crippen LogP contribution is -2.42. The molecule has 17 heteroatoms. The monoisotopic (exact) mass is 789 g/mol. The van der Waals surface area contributed by atoms with Crippen molar-refractivity contribution in [1.82, 2.24) is 4.98 Å². The Morgan fingerprint density at radius 1 is 0.889 bits per heavy atom. The lowest BCUT2D eigenvalue weighted by Gasteiger charge is -2.43. The van der Waals surface area contributed by atoms with Gasteiger partial charge in [-0.15, -0.1) is 11.8 Å². The summed E-state index contributed by atoms with van der Waals surface area (Å²) >= 11 is 2.45. The summed E-state index contributed by atoms with van der Waals surface area (Å²) in [5, 5.41) is 2.78. The van der Waals surface area contributed by atoms with Gasteiger partial charge in [0.25, 0.3) is 5.91 Å². The highest BCUT2D eigenvalue weighted by Crippen LogP contribution is 2.69. The Morgan fingerprint density at radius 2 is 1.63 bits per heavy atom. The molecule has 282 valence electrons. The summed E-state index contributed by atoms with van der Waals surface area (Å²) in [6.07, 6.45) is -8.87. The first-order chi connectivity index (χ1) is 25.7. The maximum Gasteiger partial charge on any atom is 0.418 e. The first kappa shape index (κ1) is 36.2. The predicted molar refractivity (Wildman–Crippen MR) is 186 cm³/mol. The maximum absolute atomic E-state index is 14.1. The van der Waals surface area contributed by atoms with Crippen LogP contribution in [0.3, 0.4) is 0 Å². The second-order valence-electron chi connectivity index (χ2n) is 13.5. The number of amides is 3. The van der Waals surface area contributed by atoms with E-state index in [9.17, 15) is 45.5 Å². The normalized spacial score (nSPS) is 25.7. The molecule has 9 nitrogen and oxygen atoms in total. The Labute approximate surface area is 311 Å². The summed E-state index contributed by atoms with van der Waals surface area (Å²) < 4.78 is 93.2. The average Bonchev–Trinajstić information content (AvgIpc) is 3.86. The Hall–Kier alpha value is -4.77. The molecule has 0 spiro atoms. The fourth-order valence-electron chi connectivity index (χ4n) is 8.76. The number of nitrogens with zero attached hydrogens (tertiary/aromatic N) is 1. The number of hydrogen-bond acceptors (Lipinski definition) is 8. The van der Waals surface area contributed by atoms with E-state index in [-0.39, 0.29) is 51.7 Å². The van der Waals surface area contributed by atoms with E-state index in [2.05, 4.69) is 10.3 Å². The number of para-hydroxylation sites is 1. The van der Waals surface area contributed by atoms with E-state index in [0.29, 0.717) is 21.9 Å². The molecule has 6 unspecified atom stereocenters. The number of aromatic amines is 1. The fraction of sp³-hybridized carbons (Fsp3) is 0.351. The quantitative estimate of drug-likeness (QED) is 0.140. The Bertz CT molecular complexity index is 2240. The highest BCUT2D eigenvalue weighted by molar-refractivity contribution is 8.00. The molecule has 3 amide bonds. The van der Waals surface area contributed by atoms with Gasteiger partial charge in [0.2, 0.25) is 11.8 Å². The molecule has 4 aliphatic rings. The van der Waals surface area contributed by atoms with Crippen LogP contribution in [-0.4, -0.2) is 41.2 Å². The molecule has 4 aromatic rings. The van der Waals surface area contributed by atoms with Gasteiger partial charge in [-0.2, -0.15) is 26.3 Å². The van der Waals surface area contributed by atoms with Crippen molar-refractivity contribution in [3.05, 3.63) is 98.0 Å². The second-order valence-corrected chi connectivity index (χ2v) is 15.7. The van der Waals surface area contributed by atoms with E-state index in [1.807, 2.05) is 0 Å². The molecular weight excluding hydrogens is 761 g/mol. The molecule has 2 N–H and O–H groups in total. The van der Waals surface area contributed by atoms with Crippen molar-refractivity contribution in [2.75, 3.05) is 23.4 Å². The third-order valence-electron chi connectivity index (χ3n) is 10.6. The topological polar surface area (TPSA) is 118 Å². The van der Waals surface area contributed by atoms with Crippen molar-refractivity contribution in [2.45, 2.75) is 41.9 Å². The molecule has 1 aromatic heterocycles. The number of nitrogens with one attached hydrogen (secondary N) is 2. The average molecular weight is 790 g/mol. The van der Waals surface area contributed by atoms with Crippen molar-refractivity contribution >= 4 is 52.2 Å². The molecule has 7 atom stereocenters. The SMILES string of the molecule is CCOc1cc([C@H]2c3sc(=O)[nH]c3SC3C4CC(C5C(=O)N(c6ccccc6C(F)(F)F)C(=O)C45)C32)ccc1OCC(=O)Nc1cccc(C(F)(F)F)c1. The second kappa shape index (κ2) is 13.2. The van der Waals surface area contributed by atoms with Crippen LogP contribution >= 0.6 is 23.1 Å².